The van der Waals surface area contributed by atoms with E-state index >= 15 is 0 Å². The Balaban J connectivity index is 1.37. The van der Waals surface area contributed by atoms with Crippen LogP contribution in [0.3, 0.4) is 0 Å². The van der Waals surface area contributed by atoms with Crippen molar-refractivity contribution < 1.29 is 9.47 Å². The Kier molecular flexibility index (Phi) is 7.22. The van der Waals surface area contributed by atoms with Crippen LogP contribution < -0.4 is 0 Å². The molecule has 3 aliphatic rings. The first-order valence-electron chi connectivity index (χ1n) is 10.9. The highest BCUT2D eigenvalue weighted by molar-refractivity contribution is 4.85. The molecule has 3 nitrogen and oxygen atoms in total. The Hall–Kier alpha value is -0.120. The van der Waals surface area contributed by atoms with E-state index in [1.165, 1.54) is 51.5 Å². The van der Waals surface area contributed by atoms with Crippen molar-refractivity contribution in [3.8, 4) is 0 Å². The van der Waals surface area contributed by atoms with Gasteiger partial charge in [0, 0.05) is 25.8 Å². The number of ether oxygens (including phenoxy) is 2. The molecule has 3 saturated heterocycles. The number of hydrogen-bond donors (Lipinski definition) is 0. The quantitative estimate of drug-likeness (QED) is 0.669. The molecule has 146 valence electrons. The normalized spacial score (nSPS) is 38.5. The van der Waals surface area contributed by atoms with Crippen molar-refractivity contribution in [2.45, 2.75) is 77.9 Å². The van der Waals surface area contributed by atoms with Gasteiger partial charge in [0.1, 0.15) is 0 Å². The van der Waals surface area contributed by atoms with Crippen molar-refractivity contribution in [2.24, 2.45) is 29.6 Å². The zero-order chi connectivity index (χ0) is 17.8. The van der Waals surface area contributed by atoms with Gasteiger partial charge in [-0.1, -0.05) is 20.8 Å². The van der Waals surface area contributed by atoms with E-state index in [9.17, 15) is 0 Å². The monoisotopic (exact) mass is 351 g/mol. The zero-order valence-corrected chi connectivity index (χ0v) is 17.1. The molecule has 0 bridgehead atoms. The summed E-state index contributed by atoms with van der Waals surface area (Å²) in [5.41, 5.74) is 0. The largest absolute Gasteiger partial charge is 0.381 e. The van der Waals surface area contributed by atoms with E-state index in [0.29, 0.717) is 6.10 Å². The van der Waals surface area contributed by atoms with E-state index in [1.807, 2.05) is 0 Å². The van der Waals surface area contributed by atoms with Crippen LogP contribution in [0.4, 0.5) is 0 Å². The Morgan fingerprint density at radius 1 is 1.00 bits per heavy atom. The van der Waals surface area contributed by atoms with Gasteiger partial charge in [-0.15, -0.1) is 0 Å². The number of rotatable bonds is 7. The first-order chi connectivity index (χ1) is 12.0. The molecule has 0 aliphatic carbocycles. The van der Waals surface area contributed by atoms with Crippen LogP contribution in [0.25, 0.3) is 0 Å². The third-order valence-corrected chi connectivity index (χ3v) is 7.44. The SMILES string of the molecule is CC(C)C1CCC(CC(C)[C@@H]2COC(CC[C@@H]3CCOC3)C2)N(C)C1. The Bertz CT molecular complexity index is 393. The molecule has 3 heteroatoms. The van der Waals surface area contributed by atoms with Crippen molar-refractivity contribution >= 4 is 0 Å². The molecule has 0 saturated carbocycles. The molecule has 3 fully saturated rings. The highest BCUT2D eigenvalue weighted by Crippen LogP contribution is 2.35. The molecule has 3 rings (SSSR count). The fourth-order valence-corrected chi connectivity index (χ4v) is 5.26. The Morgan fingerprint density at radius 3 is 2.52 bits per heavy atom. The van der Waals surface area contributed by atoms with Gasteiger partial charge < -0.3 is 14.4 Å². The predicted molar refractivity (Wildman–Crippen MR) is 104 cm³/mol. The van der Waals surface area contributed by atoms with Crippen LogP contribution in [0.5, 0.6) is 0 Å². The van der Waals surface area contributed by atoms with E-state index in [4.69, 9.17) is 9.47 Å². The molecule has 3 heterocycles. The van der Waals surface area contributed by atoms with E-state index in [1.54, 1.807) is 0 Å². The topological polar surface area (TPSA) is 21.7 Å². The van der Waals surface area contributed by atoms with Crippen molar-refractivity contribution in [2.75, 3.05) is 33.4 Å². The number of likely N-dealkylation sites (tertiary alicyclic amines) is 1. The smallest absolute Gasteiger partial charge is 0.0579 e. The molecular weight excluding hydrogens is 310 g/mol. The maximum atomic E-state index is 6.16. The summed E-state index contributed by atoms with van der Waals surface area (Å²) in [5.74, 6) is 4.10. The molecule has 0 N–H and O–H groups in total. The Morgan fingerprint density at radius 2 is 1.84 bits per heavy atom. The lowest BCUT2D eigenvalue weighted by Gasteiger charge is -2.40. The molecule has 0 amide bonds. The number of nitrogens with zero attached hydrogens (tertiary/aromatic N) is 1. The molecule has 3 aliphatic heterocycles. The standard InChI is InChI=1S/C22H41NO2/c1-16(2)19-6-7-21(23(4)13-19)11-17(3)20-12-22(25-15-20)8-5-18-9-10-24-14-18/h16-22H,5-15H2,1-4H3/t17?,18-,19?,20+,21?,22?/m1/s1. The first-order valence-corrected chi connectivity index (χ1v) is 10.9. The lowest BCUT2D eigenvalue weighted by atomic mass is 9.80. The van der Waals surface area contributed by atoms with E-state index in [-0.39, 0.29) is 0 Å². The van der Waals surface area contributed by atoms with Crippen LogP contribution in [0.15, 0.2) is 0 Å². The molecule has 25 heavy (non-hydrogen) atoms. The van der Waals surface area contributed by atoms with Gasteiger partial charge >= 0.3 is 0 Å². The van der Waals surface area contributed by atoms with Crippen molar-refractivity contribution in [3.63, 3.8) is 0 Å². The molecule has 0 radical (unpaired) electrons. The third-order valence-electron chi connectivity index (χ3n) is 7.44. The van der Waals surface area contributed by atoms with Gasteiger partial charge in [0.25, 0.3) is 0 Å². The first kappa shape index (κ1) is 19.6. The average Bonchev–Trinajstić information content (AvgIpc) is 3.26. The van der Waals surface area contributed by atoms with E-state index < -0.39 is 0 Å². The van der Waals surface area contributed by atoms with Crippen molar-refractivity contribution in [1.29, 1.82) is 0 Å². The highest BCUT2D eigenvalue weighted by Gasteiger charge is 2.34. The fraction of sp³-hybridized carbons (Fsp3) is 1.00. The summed E-state index contributed by atoms with van der Waals surface area (Å²) in [4.78, 5) is 2.65. The minimum Gasteiger partial charge on any atom is -0.381 e. The number of hydrogen-bond acceptors (Lipinski definition) is 3. The van der Waals surface area contributed by atoms with Gasteiger partial charge in [0.15, 0.2) is 0 Å². The molecular formula is C22H41NO2. The summed E-state index contributed by atoms with van der Waals surface area (Å²) in [7, 11) is 2.35. The van der Waals surface area contributed by atoms with Gasteiger partial charge in [-0.05, 0) is 81.6 Å². The summed E-state index contributed by atoms with van der Waals surface area (Å²) >= 11 is 0. The second-order valence-electron chi connectivity index (χ2n) is 9.65. The van der Waals surface area contributed by atoms with Gasteiger partial charge in [-0.3, -0.25) is 0 Å². The van der Waals surface area contributed by atoms with Gasteiger partial charge in [0.05, 0.1) is 12.7 Å². The molecule has 0 aromatic rings. The average molecular weight is 352 g/mol. The van der Waals surface area contributed by atoms with Crippen LogP contribution in [0.1, 0.15) is 65.7 Å². The molecule has 4 unspecified atom stereocenters. The van der Waals surface area contributed by atoms with Crippen LogP contribution in [-0.4, -0.2) is 50.5 Å². The van der Waals surface area contributed by atoms with Gasteiger partial charge in [-0.25, -0.2) is 0 Å². The van der Waals surface area contributed by atoms with Crippen molar-refractivity contribution in [1.82, 2.24) is 4.90 Å². The lowest BCUT2D eigenvalue weighted by molar-refractivity contribution is 0.0787. The molecule has 0 aromatic carbocycles. The number of piperidine rings is 1. The molecule has 0 spiro atoms. The maximum Gasteiger partial charge on any atom is 0.0579 e. The minimum atomic E-state index is 0.516. The summed E-state index contributed by atoms with van der Waals surface area (Å²) in [6.07, 6.45) is 9.79. The van der Waals surface area contributed by atoms with Crippen LogP contribution in [0.2, 0.25) is 0 Å². The zero-order valence-electron chi connectivity index (χ0n) is 17.1. The van der Waals surface area contributed by atoms with Crippen LogP contribution >= 0.6 is 0 Å². The van der Waals surface area contributed by atoms with Crippen LogP contribution in [-0.2, 0) is 9.47 Å². The molecule has 6 atom stereocenters. The minimum absolute atomic E-state index is 0.516. The fourth-order valence-electron chi connectivity index (χ4n) is 5.26. The lowest BCUT2D eigenvalue weighted by Crippen LogP contribution is -2.43. The van der Waals surface area contributed by atoms with E-state index in [0.717, 1.165) is 55.5 Å². The van der Waals surface area contributed by atoms with Gasteiger partial charge in [-0.2, -0.15) is 0 Å². The summed E-state index contributed by atoms with van der Waals surface area (Å²) < 4.78 is 11.7. The van der Waals surface area contributed by atoms with Crippen LogP contribution in [0, 0.1) is 29.6 Å². The third kappa shape index (κ3) is 5.43. The molecule has 0 aromatic heterocycles. The summed E-state index contributed by atoms with van der Waals surface area (Å²) in [5, 5.41) is 0. The maximum absolute atomic E-state index is 6.16. The van der Waals surface area contributed by atoms with Crippen molar-refractivity contribution in [3.05, 3.63) is 0 Å². The van der Waals surface area contributed by atoms with Gasteiger partial charge in [0.2, 0.25) is 0 Å². The summed E-state index contributed by atoms with van der Waals surface area (Å²) in [6.45, 7) is 11.5. The summed E-state index contributed by atoms with van der Waals surface area (Å²) in [6, 6.07) is 0.791. The predicted octanol–water partition coefficient (Wildman–Crippen LogP) is 4.60. The second-order valence-corrected chi connectivity index (χ2v) is 9.65. The Labute approximate surface area is 155 Å². The van der Waals surface area contributed by atoms with E-state index in [2.05, 4.69) is 32.7 Å². The highest BCUT2D eigenvalue weighted by atomic mass is 16.5. The second kappa shape index (κ2) is 9.19.